The summed E-state index contributed by atoms with van der Waals surface area (Å²) in [6.07, 6.45) is 5.95. The van der Waals surface area contributed by atoms with Gasteiger partial charge in [-0.1, -0.05) is 6.92 Å². The fourth-order valence-electron chi connectivity index (χ4n) is 5.64. The molecule has 0 radical (unpaired) electrons. The van der Waals surface area contributed by atoms with Crippen LogP contribution in [0.4, 0.5) is 0 Å². The maximum atomic E-state index is 10.2. The van der Waals surface area contributed by atoms with Crippen molar-refractivity contribution in [3.05, 3.63) is 29.8 Å². The van der Waals surface area contributed by atoms with Crippen molar-refractivity contribution >= 4 is 0 Å². The zero-order chi connectivity index (χ0) is 19.0. The quantitative estimate of drug-likeness (QED) is 0.856. The maximum Gasteiger partial charge on any atom is 0.120 e. The van der Waals surface area contributed by atoms with E-state index >= 15 is 0 Å². The Balaban J connectivity index is 1.60. The van der Waals surface area contributed by atoms with Gasteiger partial charge in [0.1, 0.15) is 11.9 Å². The average molecular weight is 370 g/mol. The van der Waals surface area contributed by atoms with Crippen molar-refractivity contribution in [1.82, 2.24) is 4.90 Å². The zero-order valence-corrected chi connectivity index (χ0v) is 16.2. The van der Waals surface area contributed by atoms with Crippen LogP contribution in [0.1, 0.15) is 51.0 Å². The summed E-state index contributed by atoms with van der Waals surface area (Å²) in [4.78, 5) is 2.54. The summed E-state index contributed by atoms with van der Waals surface area (Å²) in [5.74, 6) is 1.31. The lowest BCUT2D eigenvalue weighted by atomic mass is 9.67. The van der Waals surface area contributed by atoms with E-state index in [-0.39, 0.29) is 23.7 Å². The molecule has 0 amide bonds. The maximum absolute atomic E-state index is 10.2. The molecule has 146 valence electrons. The number of piperidine rings is 1. The summed E-state index contributed by atoms with van der Waals surface area (Å²) in [7, 11) is 0. The van der Waals surface area contributed by atoms with Gasteiger partial charge in [-0.05, 0) is 75.3 Å². The Bertz CT molecular complexity index is 701. The van der Waals surface area contributed by atoms with Crippen molar-refractivity contribution in [1.29, 1.82) is 5.26 Å². The molecule has 3 fully saturated rings. The third kappa shape index (κ3) is 3.59. The van der Waals surface area contributed by atoms with Crippen LogP contribution < -0.4 is 10.5 Å². The Morgan fingerprint density at radius 1 is 1.26 bits per heavy atom. The molecule has 3 aliphatic rings. The minimum Gasteiger partial charge on any atom is -0.488 e. The number of rotatable bonds is 3. The molecule has 0 bridgehead atoms. The third-order valence-electron chi connectivity index (χ3n) is 7.24. The summed E-state index contributed by atoms with van der Waals surface area (Å²) in [5.41, 5.74) is 6.99. The minimum atomic E-state index is -0.180. The van der Waals surface area contributed by atoms with Crippen molar-refractivity contribution in [2.24, 2.45) is 17.1 Å². The molecule has 0 aromatic heterocycles. The van der Waals surface area contributed by atoms with Gasteiger partial charge >= 0.3 is 0 Å². The molecule has 3 N–H and O–H groups in total. The second-order valence-electron chi connectivity index (χ2n) is 9.01. The molecule has 1 aromatic carbocycles. The van der Waals surface area contributed by atoms with Gasteiger partial charge in [-0.25, -0.2) is 0 Å². The van der Waals surface area contributed by atoms with E-state index in [0.29, 0.717) is 17.5 Å². The first-order valence-electron chi connectivity index (χ1n) is 10.3. The minimum absolute atomic E-state index is 0.0688. The Kier molecular flexibility index (Phi) is 5.15. The fourth-order valence-corrected chi connectivity index (χ4v) is 5.64. The van der Waals surface area contributed by atoms with Crippen LogP contribution in [0.3, 0.4) is 0 Å². The van der Waals surface area contributed by atoms with Gasteiger partial charge in [-0.15, -0.1) is 0 Å². The van der Waals surface area contributed by atoms with E-state index < -0.39 is 0 Å². The second-order valence-corrected chi connectivity index (χ2v) is 9.01. The molecule has 4 rings (SSSR count). The van der Waals surface area contributed by atoms with Gasteiger partial charge in [0.15, 0.2) is 0 Å². The van der Waals surface area contributed by atoms with Crippen LogP contribution in [-0.2, 0) is 0 Å². The SMILES string of the molecule is C[C@]12CC[C@@H](O)C[C@H]1C[C@@H](N1CCC[C@@H](N)C1)[C@@H]2Oc1ccc(C#N)cc1. The van der Waals surface area contributed by atoms with Crippen LogP contribution in [0.5, 0.6) is 5.75 Å². The van der Waals surface area contributed by atoms with Crippen molar-refractivity contribution < 1.29 is 9.84 Å². The molecular weight excluding hydrogens is 338 g/mol. The number of hydrogen-bond acceptors (Lipinski definition) is 5. The van der Waals surface area contributed by atoms with E-state index in [1.807, 2.05) is 24.3 Å². The molecule has 6 atom stereocenters. The molecule has 1 aromatic rings. The van der Waals surface area contributed by atoms with Gasteiger partial charge in [0.25, 0.3) is 0 Å². The number of fused-ring (bicyclic) bond motifs is 1. The molecular formula is C22H31N3O2. The number of aliphatic hydroxyl groups is 1. The van der Waals surface area contributed by atoms with Gasteiger partial charge in [-0.2, -0.15) is 5.26 Å². The van der Waals surface area contributed by atoms with Crippen LogP contribution in [0, 0.1) is 22.7 Å². The van der Waals surface area contributed by atoms with Crippen molar-refractivity contribution in [2.45, 2.75) is 69.7 Å². The highest BCUT2D eigenvalue weighted by molar-refractivity contribution is 5.35. The summed E-state index contributed by atoms with van der Waals surface area (Å²) in [5, 5.41) is 19.3. The molecule has 27 heavy (non-hydrogen) atoms. The predicted octanol–water partition coefficient (Wildman–Crippen LogP) is 2.67. The van der Waals surface area contributed by atoms with E-state index in [4.69, 9.17) is 15.7 Å². The lowest BCUT2D eigenvalue weighted by Crippen LogP contribution is -2.54. The summed E-state index contributed by atoms with van der Waals surface area (Å²) in [6, 6.07) is 10.2. The number of hydrogen-bond donors (Lipinski definition) is 2. The highest BCUT2D eigenvalue weighted by Crippen LogP contribution is 2.54. The van der Waals surface area contributed by atoms with Crippen LogP contribution >= 0.6 is 0 Å². The van der Waals surface area contributed by atoms with Crippen LogP contribution in [0.25, 0.3) is 0 Å². The van der Waals surface area contributed by atoms with Gasteiger partial charge in [0.2, 0.25) is 0 Å². The van der Waals surface area contributed by atoms with Crippen LogP contribution in [0.15, 0.2) is 24.3 Å². The Morgan fingerprint density at radius 3 is 2.74 bits per heavy atom. The smallest absolute Gasteiger partial charge is 0.120 e. The molecule has 5 nitrogen and oxygen atoms in total. The van der Waals surface area contributed by atoms with Gasteiger partial charge in [0, 0.05) is 24.0 Å². The second kappa shape index (κ2) is 7.43. The first-order valence-corrected chi connectivity index (χ1v) is 10.3. The van der Waals surface area contributed by atoms with Gasteiger partial charge < -0.3 is 15.6 Å². The van der Waals surface area contributed by atoms with E-state index in [9.17, 15) is 5.11 Å². The molecule has 0 spiro atoms. The first-order chi connectivity index (χ1) is 13.0. The van der Waals surface area contributed by atoms with Gasteiger partial charge in [0.05, 0.1) is 17.7 Å². The number of nitriles is 1. The topological polar surface area (TPSA) is 82.5 Å². The number of ether oxygens (including phenoxy) is 1. The van der Waals surface area contributed by atoms with E-state index in [0.717, 1.165) is 57.4 Å². The number of aliphatic hydroxyl groups excluding tert-OH is 1. The number of nitrogens with two attached hydrogens (primary N) is 1. The highest BCUT2D eigenvalue weighted by atomic mass is 16.5. The monoisotopic (exact) mass is 369 g/mol. The normalized spacial score (nSPS) is 39.6. The fraction of sp³-hybridized carbons (Fsp3) is 0.682. The lowest BCUT2D eigenvalue weighted by Gasteiger charge is -2.44. The predicted molar refractivity (Wildman–Crippen MR) is 104 cm³/mol. The highest BCUT2D eigenvalue weighted by Gasteiger charge is 2.57. The number of likely N-dealkylation sites (tertiary alicyclic amines) is 1. The Hall–Kier alpha value is -1.61. The molecule has 5 heteroatoms. The standard InChI is InChI=1S/C22H31N3O2/c1-22-9-8-18(26)11-16(22)12-20(25-10-2-3-17(24)14-25)21(22)27-19-6-4-15(13-23)5-7-19/h4-7,16-18,20-21,26H,2-3,8-12,14,24H2,1H3/t16-,17+,18+,20+,21-,22-/m0/s1. The summed E-state index contributed by atoms with van der Waals surface area (Å²) >= 11 is 0. The summed E-state index contributed by atoms with van der Waals surface area (Å²) in [6.45, 7) is 4.36. The zero-order valence-electron chi connectivity index (χ0n) is 16.2. The lowest BCUT2D eigenvalue weighted by molar-refractivity contribution is -0.0320. The summed E-state index contributed by atoms with van der Waals surface area (Å²) < 4.78 is 6.61. The van der Waals surface area contributed by atoms with Crippen molar-refractivity contribution in [3.8, 4) is 11.8 Å². The molecule has 2 aliphatic carbocycles. The van der Waals surface area contributed by atoms with Crippen LogP contribution in [0.2, 0.25) is 0 Å². The van der Waals surface area contributed by atoms with Crippen LogP contribution in [-0.4, -0.2) is 47.4 Å². The van der Waals surface area contributed by atoms with Crippen molar-refractivity contribution in [2.75, 3.05) is 13.1 Å². The van der Waals surface area contributed by atoms with E-state index in [1.165, 1.54) is 0 Å². The number of nitrogens with zero attached hydrogens (tertiary/aromatic N) is 2. The largest absolute Gasteiger partial charge is 0.488 e. The number of benzene rings is 1. The Morgan fingerprint density at radius 2 is 2.04 bits per heavy atom. The molecule has 1 saturated heterocycles. The van der Waals surface area contributed by atoms with E-state index in [2.05, 4.69) is 17.9 Å². The molecule has 1 aliphatic heterocycles. The molecule has 1 heterocycles. The Labute approximate surface area is 162 Å². The van der Waals surface area contributed by atoms with Gasteiger partial charge in [-0.3, -0.25) is 4.90 Å². The first kappa shape index (κ1) is 18.7. The average Bonchev–Trinajstić information content (AvgIpc) is 2.95. The molecule has 2 saturated carbocycles. The van der Waals surface area contributed by atoms with Crippen molar-refractivity contribution in [3.63, 3.8) is 0 Å². The van der Waals surface area contributed by atoms with E-state index in [1.54, 1.807) is 0 Å². The third-order valence-corrected chi connectivity index (χ3v) is 7.24. The molecule has 0 unspecified atom stereocenters.